The molecule has 90 valence electrons. The summed E-state index contributed by atoms with van der Waals surface area (Å²) in [5, 5.41) is 15.7. The predicted molar refractivity (Wildman–Crippen MR) is 66.2 cm³/mol. The lowest BCUT2D eigenvalue weighted by Crippen LogP contribution is -2.06. The van der Waals surface area contributed by atoms with Crippen LogP contribution < -0.4 is 4.74 Å². The second-order valence-corrected chi connectivity index (χ2v) is 4.58. The maximum absolute atomic E-state index is 10.1. The highest BCUT2D eigenvalue weighted by Crippen LogP contribution is 2.24. The van der Waals surface area contributed by atoms with Gasteiger partial charge >= 0.3 is 0 Å². The average Bonchev–Trinajstić information content (AvgIpc) is 2.81. The smallest absolute Gasteiger partial charge is 0.124 e. The Labute approximate surface area is 104 Å². The Morgan fingerprint density at radius 1 is 1.35 bits per heavy atom. The summed E-state index contributed by atoms with van der Waals surface area (Å²) < 4.78 is 9.32. The maximum Gasteiger partial charge on any atom is 0.124 e. The molecule has 5 heteroatoms. The van der Waals surface area contributed by atoms with Crippen molar-refractivity contribution >= 4 is 11.5 Å². The summed E-state index contributed by atoms with van der Waals surface area (Å²) in [6, 6.07) is 7.40. The molecule has 0 saturated heterocycles. The van der Waals surface area contributed by atoms with Gasteiger partial charge in [0.05, 0.1) is 6.10 Å². The van der Waals surface area contributed by atoms with Crippen LogP contribution in [0.25, 0.3) is 0 Å². The molecule has 4 nitrogen and oxygen atoms in total. The van der Waals surface area contributed by atoms with E-state index in [1.807, 2.05) is 38.1 Å². The van der Waals surface area contributed by atoms with Crippen molar-refractivity contribution in [2.45, 2.75) is 26.1 Å². The predicted octanol–water partition coefficient (Wildman–Crippen LogP) is 2.41. The fourth-order valence-corrected chi connectivity index (χ4v) is 1.96. The van der Waals surface area contributed by atoms with Crippen LogP contribution >= 0.6 is 11.5 Å². The summed E-state index contributed by atoms with van der Waals surface area (Å²) >= 11 is 1.23. The number of ether oxygens (including phenoxy) is 1. The van der Waals surface area contributed by atoms with Crippen LogP contribution in [0.1, 0.15) is 31.2 Å². The van der Waals surface area contributed by atoms with Gasteiger partial charge in [-0.05, 0) is 43.1 Å². The van der Waals surface area contributed by atoms with Gasteiger partial charge in [-0.1, -0.05) is 16.6 Å². The molecule has 1 aromatic heterocycles. The number of aliphatic hydroxyl groups is 1. The number of hydrogen-bond acceptors (Lipinski definition) is 5. The van der Waals surface area contributed by atoms with Gasteiger partial charge in [0, 0.05) is 5.38 Å². The van der Waals surface area contributed by atoms with Gasteiger partial charge in [0.2, 0.25) is 0 Å². The summed E-state index contributed by atoms with van der Waals surface area (Å²) in [4.78, 5) is 0. The summed E-state index contributed by atoms with van der Waals surface area (Å²) in [6.07, 6.45) is -0.632. The van der Waals surface area contributed by atoms with E-state index in [-0.39, 0.29) is 6.10 Å². The number of nitrogens with zero attached hydrogens (tertiary/aromatic N) is 2. The first-order valence-electron chi connectivity index (χ1n) is 5.38. The molecule has 0 fully saturated rings. The Kier molecular flexibility index (Phi) is 3.71. The van der Waals surface area contributed by atoms with E-state index < -0.39 is 6.10 Å². The number of hydrogen-bond donors (Lipinski definition) is 1. The minimum absolute atomic E-state index is 0.114. The van der Waals surface area contributed by atoms with Crippen molar-refractivity contribution in [2.75, 3.05) is 0 Å². The monoisotopic (exact) mass is 250 g/mol. The van der Waals surface area contributed by atoms with Gasteiger partial charge in [-0.15, -0.1) is 5.10 Å². The Bertz CT molecular complexity index is 471. The van der Waals surface area contributed by atoms with Gasteiger partial charge in [-0.25, -0.2) is 0 Å². The molecule has 0 saturated carbocycles. The minimum Gasteiger partial charge on any atom is -0.491 e. The zero-order valence-electron chi connectivity index (χ0n) is 9.70. The molecule has 0 aliphatic carbocycles. The molecule has 1 aromatic carbocycles. The van der Waals surface area contributed by atoms with E-state index in [9.17, 15) is 5.11 Å². The number of aliphatic hydroxyl groups excluding tert-OH is 1. The van der Waals surface area contributed by atoms with Gasteiger partial charge < -0.3 is 9.84 Å². The van der Waals surface area contributed by atoms with Crippen molar-refractivity contribution in [3.8, 4) is 5.75 Å². The maximum atomic E-state index is 10.1. The molecular formula is C12H14N2O2S. The van der Waals surface area contributed by atoms with Crippen LogP contribution in [0.15, 0.2) is 29.6 Å². The Balaban J connectivity index is 2.21. The standard InChI is InChI=1S/C12H14N2O2S/c1-8(2)16-10-5-3-4-9(6-10)12(15)11-7-17-14-13-11/h3-8,12,15H,1-2H3. The van der Waals surface area contributed by atoms with Gasteiger partial charge in [-0.3, -0.25) is 0 Å². The molecule has 0 spiro atoms. The lowest BCUT2D eigenvalue weighted by molar-refractivity contribution is 0.212. The topological polar surface area (TPSA) is 55.2 Å². The van der Waals surface area contributed by atoms with Crippen molar-refractivity contribution in [1.82, 2.24) is 9.59 Å². The quantitative estimate of drug-likeness (QED) is 0.905. The lowest BCUT2D eigenvalue weighted by Gasteiger charge is -2.12. The summed E-state index contributed by atoms with van der Waals surface area (Å²) in [6.45, 7) is 3.93. The van der Waals surface area contributed by atoms with Crippen LogP contribution in [0, 0.1) is 0 Å². The van der Waals surface area contributed by atoms with Crippen molar-refractivity contribution in [1.29, 1.82) is 0 Å². The Morgan fingerprint density at radius 3 is 2.82 bits per heavy atom. The summed E-state index contributed by atoms with van der Waals surface area (Å²) in [5.74, 6) is 0.750. The van der Waals surface area contributed by atoms with Gasteiger partial charge in [0.1, 0.15) is 17.5 Å². The number of benzene rings is 1. The van der Waals surface area contributed by atoms with Gasteiger partial charge in [-0.2, -0.15) is 0 Å². The molecule has 0 radical (unpaired) electrons. The zero-order chi connectivity index (χ0) is 12.3. The second-order valence-electron chi connectivity index (χ2n) is 3.97. The van der Waals surface area contributed by atoms with E-state index in [1.165, 1.54) is 11.5 Å². The van der Waals surface area contributed by atoms with Crippen LogP contribution in [0.2, 0.25) is 0 Å². The molecule has 1 atom stereocenters. The molecular weight excluding hydrogens is 236 g/mol. The average molecular weight is 250 g/mol. The molecule has 1 N–H and O–H groups in total. The van der Waals surface area contributed by atoms with Gasteiger partial charge in [0.15, 0.2) is 0 Å². The van der Waals surface area contributed by atoms with E-state index in [0.29, 0.717) is 5.69 Å². The third kappa shape index (κ3) is 3.01. The molecule has 0 aliphatic heterocycles. The highest BCUT2D eigenvalue weighted by molar-refractivity contribution is 7.03. The summed E-state index contributed by atoms with van der Waals surface area (Å²) in [5.41, 5.74) is 1.33. The molecule has 2 aromatic rings. The number of rotatable bonds is 4. The molecule has 0 amide bonds. The molecule has 0 aliphatic rings. The Hall–Kier alpha value is -1.46. The summed E-state index contributed by atoms with van der Waals surface area (Å²) in [7, 11) is 0. The first-order chi connectivity index (χ1) is 8.16. The zero-order valence-corrected chi connectivity index (χ0v) is 10.5. The molecule has 2 rings (SSSR count). The minimum atomic E-state index is -0.746. The molecule has 1 heterocycles. The highest BCUT2D eigenvalue weighted by Gasteiger charge is 2.13. The number of aromatic nitrogens is 2. The van der Waals surface area contributed by atoms with Crippen LogP contribution in [0.4, 0.5) is 0 Å². The van der Waals surface area contributed by atoms with Crippen LogP contribution in [-0.2, 0) is 0 Å². The lowest BCUT2D eigenvalue weighted by atomic mass is 10.1. The third-order valence-electron chi connectivity index (χ3n) is 2.20. The van der Waals surface area contributed by atoms with Crippen molar-refractivity contribution in [3.05, 3.63) is 40.9 Å². The van der Waals surface area contributed by atoms with E-state index in [0.717, 1.165) is 11.3 Å². The van der Waals surface area contributed by atoms with E-state index in [4.69, 9.17) is 4.74 Å². The largest absolute Gasteiger partial charge is 0.491 e. The molecule has 1 unspecified atom stereocenters. The SMILES string of the molecule is CC(C)Oc1cccc(C(O)c2csnn2)c1. The Morgan fingerprint density at radius 2 is 2.18 bits per heavy atom. The van der Waals surface area contributed by atoms with Crippen molar-refractivity contribution < 1.29 is 9.84 Å². The van der Waals surface area contributed by atoms with Crippen molar-refractivity contribution in [3.63, 3.8) is 0 Å². The fourth-order valence-electron chi connectivity index (χ4n) is 1.49. The molecule has 0 bridgehead atoms. The second kappa shape index (κ2) is 5.25. The first-order valence-corrected chi connectivity index (χ1v) is 6.22. The van der Waals surface area contributed by atoms with Crippen molar-refractivity contribution in [2.24, 2.45) is 0 Å². The van der Waals surface area contributed by atoms with E-state index in [1.54, 1.807) is 5.38 Å². The van der Waals surface area contributed by atoms with Crippen LogP contribution in [0.5, 0.6) is 5.75 Å². The van der Waals surface area contributed by atoms with E-state index in [2.05, 4.69) is 9.59 Å². The third-order valence-corrected chi connectivity index (χ3v) is 2.73. The fraction of sp³-hybridized carbons (Fsp3) is 0.333. The van der Waals surface area contributed by atoms with E-state index >= 15 is 0 Å². The highest BCUT2D eigenvalue weighted by atomic mass is 32.1. The van der Waals surface area contributed by atoms with Crippen LogP contribution in [-0.4, -0.2) is 20.8 Å². The van der Waals surface area contributed by atoms with Crippen LogP contribution in [0.3, 0.4) is 0 Å². The molecule has 17 heavy (non-hydrogen) atoms. The first kappa shape index (κ1) is 12.0. The normalized spacial score (nSPS) is 12.7. The van der Waals surface area contributed by atoms with Gasteiger partial charge in [0.25, 0.3) is 0 Å².